The summed E-state index contributed by atoms with van der Waals surface area (Å²) in [6.45, 7) is 18.5. The molecule has 0 saturated carbocycles. The maximum absolute atomic E-state index is 11.0. The molecule has 0 spiro atoms. The Bertz CT molecular complexity index is 280. The van der Waals surface area contributed by atoms with E-state index in [1.165, 1.54) is 0 Å². The van der Waals surface area contributed by atoms with E-state index in [0.29, 0.717) is 0 Å². The first-order valence-electron chi connectivity index (χ1n) is 8.57. The van der Waals surface area contributed by atoms with Crippen LogP contribution in [-0.4, -0.2) is 48.8 Å². The van der Waals surface area contributed by atoms with Gasteiger partial charge in [0.2, 0.25) is 0 Å². The zero-order valence-electron chi connectivity index (χ0n) is 14.9. The Labute approximate surface area is 127 Å². The van der Waals surface area contributed by atoms with Gasteiger partial charge in [-0.2, -0.15) is 4.59 Å². The van der Waals surface area contributed by atoms with Crippen LogP contribution in [0, 0.1) is 0 Å². The summed E-state index contributed by atoms with van der Waals surface area (Å²) < 4.78 is 0.752. The molecule has 1 atom stereocenters. The third-order valence-corrected chi connectivity index (χ3v) is 11.2. The Balaban J connectivity index is 5.55. The van der Waals surface area contributed by atoms with Crippen LogP contribution >= 0.6 is 0 Å². The van der Waals surface area contributed by atoms with Gasteiger partial charge in [0, 0.05) is 0 Å². The van der Waals surface area contributed by atoms with Crippen molar-refractivity contribution in [1.82, 2.24) is 0 Å². The van der Waals surface area contributed by atoms with Gasteiger partial charge >= 0.3 is 0 Å². The summed E-state index contributed by atoms with van der Waals surface area (Å²) in [5.41, 5.74) is 0.780. The molecule has 0 bridgehead atoms. The average Bonchev–Trinajstić information content (AvgIpc) is 2.51. The van der Waals surface area contributed by atoms with E-state index in [-0.39, 0.29) is 5.73 Å². The summed E-state index contributed by atoms with van der Waals surface area (Å²) in [6, 6.07) is 3.43. The zero-order chi connectivity index (χ0) is 15.8. The average molecular weight is 302 g/mol. The molecular weight excluding hydrogens is 264 g/mol. The standard InChI is InChI=1S/C16H37N2OSi/c1-8-15(17-18(9-2,10-3)11-4)16(19)20(12-5,13-6)14-7/h16,19H,8-14H2,1-7H3/q+1. The second kappa shape index (κ2) is 8.95. The fourth-order valence-corrected chi connectivity index (χ4v) is 6.79. The molecule has 0 aliphatic rings. The topological polar surface area (TPSA) is 32.6 Å². The predicted octanol–water partition coefficient (Wildman–Crippen LogP) is 4.04. The van der Waals surface area contributed by atoms with Crippen molar-refractivity contribution in [3.8, 4) is 0 Å². The first-order valence-corrected chi connectivity index (χ1v) is 11.3. The summed E-state index contributed by atoms with van der Waals surface area (Å²) in [4.78, 5) is 0. The fourth-order valence-electron chi connectivity index (χ4n) is 3.16. The highest BCUT2D eigenvalue weighted by Gasteiger charge is 2.39. The predicted molar refractivity (Wildman–Crippen MR) is 92.8 cm³/mol. The fraction of sp³-hybridized carbons (Fsp3) is 0.938. The minimum Gasteiger partial charge on any atom is -0.390 e. The lowest BCUT2D eigenvalue weighted by molar-refractivity contribution is -0.930. The second-order valence-corrected chi connectivity index (χ2v) is 11.2. The van der Waals surface area contributed by atoms with Gasteiger partial charge in [0.25, 0.3) is 0 Å². The summed E-state index contributed by atoms with van der Waals surface area (Å²) in [5.74, 6) is 0. The molecule has 0 radical (unpaired) electrons. The third kappa shape index (κ3) is 4.15. The van der Waals surface area contributed by atoms with Crippen LogP contribution in [0.3, 0.4) is 0 Å². The molecule has 0 heterocycles. The van der Waals surface area contributed by atoms with Crippen molar-refractivity contribution in [2.75, 3.05) is 19.6 Å². The molecule has 120 valence electrons. The van der Waals surface area contributed by atoms with Crippen LogP contribution in [0.5, 0.6) is 0 Å². The van der Waals surface area contributed by atoms with Crippen molar-refractivity contribution in [3.05, 3.63) is 0 Å². The van der Waals surface area contributed by atoms with Crippen molar-refractivity contribution in [1.29, 1.82) is 0 Å². The number of quaternary nitrogens is 1. The normalized spacial score (nSPS) is 15.5. The minimum absolute atomic E-state index is 0.269. The molecular formula is C16H37N2OSi+. The van der Waals surface area contributed by atoms with E-state index >= 15 is 0 Å². The van der Waals surface area contributed by atoms with Gasteiger partial charge in [0.05, 0.1) is 19.5 Å². The lowest BCUT2D eigenvalue weighted by Crippen LogP contribution is -2.52. The lowest BCUT2D eigenvalue weighted by Gasteiger charge is -2.36. The molecule has 1 N–H and O–H groups in total. The summed E-state index contributed by atoms with van der Waals surface area (Å²) in [5, 5.41) is 16.0. The van der Waals surface area contributed by atoms with Gasteiger partial charge in [0.1, 0.15) is 19.6 Å². The van der Waals surface area contributed by atoms with Crippen LogP contribution in [0.2, 0.25) is 18.1 Å². The van der Waals surface area contributed by atoms with Crippen molar-refractivity contribution in [2.45, 2.75) is 78.7 Å². The van der Waals surface area contributed by atoms with Gasteiger partial charge in [-0.1, -0.05) is 50.9 Å². The number of rotatable bonds is 10. The molecule has 0 aliphatic heterocycles. The monoisotopic (exact) mass is 301 g/mol. The number of nitrogens with zero attached hydrogens (tertiary/aromatic N) is 2. The van der Waals surface area contributed by atoms with E-state index in [1.807, 2.05) is 0 Å². The molecule has 0 aromatic heterocycles. The Kier molecular flexibility index (Phi) is 8.87. The summed E-state index contributed by atoms with van der Waals surface area (Å²) in [6.07, 6.45) is 0.871. The number of aliphatic hydroxyl groups is 1. The van der Waals surface area contributed by atoms with E-state index in [2.05, 4.69) is 48.5 Å². The van der Waals surface area contributed by atoms with Crippen LogP contribution in [0.25, 0.3) is 0 Å². The van der Waals surface area contributed by atoms with Crippen molar-refractivity contribution in [3.63, 3.8) is 0 Å². The molecule has 0 aliphatic carbocycles. The van der Waals surface area contributed by atoms with Crippen molar-refractivity contribution < 1.29 is 9.70 Å². The minimum atomic E-state index is -1.63. The lowest BCUT2D eigenvalue weighted by atomic mass is 10.3. The van der Waals surface area contributed by atoms with Crippen LogP contribution in [0.4, 0.5) is 0 Å². The quantitative estimate of drug-likeness (QED) is 0.281. The molecule has 0 rings (SSSR count). The van der Waals surface area contributed by atoms with Crippen LogP contribution in [0.1, 0.15) is 54.9 Å². The van der Waals surface area contributed by atoms with Crippen LogP contribution in [-0.2, 0) is 0 Å². The molecule has 0 aromatic carbocycles. The van der Waals surface area contributed by atoms with Gasteiger partial charge in [-0.05, 0) is 27.2 Å². The third-order valence-electron chi connectivity index (χ3n) is 5.48. The Morgan fingerprint density at radius 3 is 1.55 bits per heavy atom. The number of hydrogen-bond donors (Lipinski definition) is 1. The Hall–Kier alpha value is -0.193. The van der Waals surface area contributed by atoms with Gasteiger partial charge < -0.3 is 5.11 Å². The largest absolute Gasteiger partial charge is 0.390 e. The highest BCUT2D eigenvalue weighted by Crippen LogP contribution is 2.26. The zero-order valence-corrected chi connectivity index (χ0v) is 15.9. The maximum Gasteiger partial charge on any atom is 0.100 e. The number of hydrogen-bond acceptors (Lipinski definition) is 2. The van der Waals surface area contributed by atoms with E-state index in [0.717, 1.165) is 54.5 Å². The molecule has 0 fully saturated rings. The molecule has 20 heavy (non-hydrogen) atoms. The highest BCUT2D eigenvalue weighted by atomic mass is 28.3. The Morgan fingerprint density at radius 1 is 0.900 bits per heavy atom. The molecule has 1 unspecified atom stereocenters. The van der Waals surface area contributed by atoms with Gasteiger partial charge in [0.15, 0.2) is 0 Å². The second-order valence-electron chi connectivity index (χ2n) is 5.81. The van der Waals surface area contributed by atoms with Crippen molar-refractivity contribution >= 4 is 13.8 Å². The summed E-state index contributed by atoms with van der Waals surface area (Å²) >= 11 is 0. The first kappa shape index (κ1) is 19.8. The molecule has 4 heteroatoms. The van der Waals surface area contributed by atoms with E-state index in [4.69, 9.17) is 5.10 Å². The maximum atomic E-state index is 11.0. The highest BCUT2D eigenvalue weighted by molar-refractivity contribution is 6.83. The van der Waals surface area contributed by atoms with E-state index in [9.17, 15) is 5.11 Å². The first-order chi connectivity index (χ1) is 9.44. The van der Waals surface area contributed by atoms with Gasteiger partial charge in [-0.3, -0.25) is 0 Å². The van der Waals surface area contributed by atoms with Crippen molar-refractivity contribution in [2.24, 2.45) is 5.10 Å². The van der Waals surface area contributed by atoms with E-state index in [1.54, 1.807) is 0 Å². The van der Waals surface area contributed by atoms with Crippen LogP contribution < -0.4 is 0 Å². The van der Waals surface area contributed by atoms with Gasteiger partial charge in [-0.25, -0.2) is 0 Å². The van der Waals surface area contributed by atoms with E-state index < -0.39 is 8.07 Å². The molecule has 0 amide bonds. The molecule has 0 saturated heterocycles. The SMILES string of the molecule is CCC(=N[N+](CC)(CC)CC)C(O)[Si](CC)(CC)CC. The van der Waals surface area contributed by atoms with Gasteiger partial charge in [-0.15, -0.1) is 0 Å². The smallest absolute Gasteiger partial charge is 0.100 e. The Morgan fingerprint density at radius 2 is 1.30 bits per heavy atom. The molecule has 0 aromatic rings. The van der Waals surface area contributed by atoms with Crippen LogP contribution in [0.15, 0.2) is 5.10 Å². The molecule has 3 nitrogen and oxygen atoms in total. The summed E-state index contributed by atoms with van der Waals surface area (Å²) in [7, 11) is -1.63. The number of aliphatic hydroxyl groups excluding tert-OH is 1.